The van der Waals surface area contributed by atoms with Crippen LogP contribution in [0, 0.1) is 11.8 Å². The fourth-order valence-corrected chi connectivity index (χ4v) is 3.22. The van der Waals surface area contributed by atoms with Gasteiger partial charge in [-0.3, -0.25) is 9.59 Å². The Morgan fingerprint density at radius 3 is 2.35 bits per heavy atom. The maximum absolute atomic E-state index is 12.4. The van der Waals surface area contributed by atoms with Crippen molar-refractivity contribution >= 4 is 11.8 Å². The third-order valence-electron chi connectivity index (χ3n) is 5.15. The highest BCUT2D eigenvalue weighted by Crippen LogP contribution is 2.31. The zero-order valence-corrected chi connectivity index (χ0v) is 15.9. The Morgan fingerprint density at radius 1 is 1.12 bits per heavy atom. The molecule has 1 saturated heterocycles. The third kappa shape index (κ3) is 5.23. The lowest BCUT2D eigenvalue weighted by Gasteiger charge is -2.32. The van der Waals surface area contributed by atoms with E-state index >= 15 is 0 Å². The number of hydrogen-bond donors (Lipinski definition) is 1. The van der Waals surface area contributed by atoms with Crippen molar-refractivity contribution in [3.8, 4) is 5.75 Å². The highest BCUT2D eigenvalue weighted by molar-refractivity contribution is 5.94. The van der Waals surface area contributed by atoms with Crippen molar-refractivity contribution in [3.63, 3.8) is 0 Å². The van der Waals surface area contributed by atoms with Crippen molar-refractivity contribution in [1.29, 1.82) is 0 Å². The van der Waals surface area contributed by atoms with Gasteiger partial charge in [-0.25, -0.2) is 0 Å². The molecule has 2 amide bonds. The number of hydrogen-bond acceptors (Lipinski definition) is 3. The lowest BCUT2D eigenvalue weighted by atomic mass is 10.0. The molecule has 2 fully saturated rings. The number of likely N-dealkylation sites (tertiary alicyclic amines) is 1. The molecule has 0 atom stereocenters. The maximum atomic E-state index is 12.4. The molecule has 0 bridgehead atoms. The number of benzene rings is 1. The van der Waals surface area contributed by atoms with Crippen LogP contribution in [-0.4, -0.2) is 42.5 Å². The number of nitrogens with zero attached hydrogens (tertiary/aromatic N) is 1. The Balaban J connectivity index is 1.42. The number of piperidine rings is 1. The Kier molecular flexibility index (Phi) is 6.17. The Morgan fingerprint density at radius 2 is 1.77 bits per heavy atom. The van der Waals surface area contributed by atoms with E-state index in [4.69, 9.17) is 4.74 Å². The summed E-state index contributed by atoms with van der Waals surface area (Å²) in [5.41, 5.74) is 0.651. The summed E-state index contributed by atoms with van der Waals surface area (Å²) in [4.78, 5) is 26.5. The van der Waals surface area contributed by atoms with E-state index < -0.39 is 0 Å². The van der Waals surface area contributed by atoms with Crippen LogP contribution in [0.15, 0.2) is 24.3 Å². The van der Waals surface area contributed by atoms with Gasteiger partial charge < -0.3 is 15.0 Å². The van der Waals surface area contributed by atoms with Gasteiger partial charge in [0.05, 0.1) is 6.61 Å². The molecule has 1 aliphatic heterocycles. The first-order chi connectivity index (χ1) is 12.5. The molecule has 1 aliphatic carbocycles. The van der Waals surface area contributed by atoms with Crippen LogP contribution >= 0.6 is 0 Å². The SMILES string of the molecule is CC(C)CCOc1ccc(C(=O)NC2CCN(C(=O)C3CC3)CC2)cc1. The van der Waals surface area contributed by atoms with Gasteiger partial charge in [-0.1, -0.05) is 13.8 Å². The number of ether oxygens (including phenoxy) is 1. The van der Waals surface area contributed by atoms with Crippen LogP contribution in [0.1, 0.15) is 56.3 Å². The van der Waals surface area contributed by atoms with Crippen molar-refractivity contribution in [2.24, 2.45) is 11.8 Å². The van der Waals surface area contributed by atoms with Crippen LogP contribution in [0.25, 0.3) is 0 Å². The molecule has 1 N–H and O–H groups in total. The van der Waals surface area contributed by atoms with Gasteiger partial charge in [0, 0.05) is 30.6 Å². The standard InChI is InChI=1S/C21H30N2O3/c1-15(2)11-14-26-19-7-5-16(6-8-19)20(24)22-18-9-12-23(13-10-18)21(25)17-3-4-17/h5-8,15,17-18H,3-4,9-14H2,1-2H3,(H,22,24). The topological polar surface area (TPSA) is 58.6 Å². The van der Waals surface area contributed by atoms with Gasteiger partial charge in [-0.2, -0.15) is 0 Å². The Labute approximate surface area is 156 Å². The van der Waals surface area contributed by atoms with Gasteiger partial charge >= 0.3 is 0 Å². The smallest absolute Gasteiger partial charge is 0.251 e. The highest BCUT2D eigenvalue weighted by atomic mass is 16.5. The van der Waals surface area contributed by atoms with Crippen LogP contribution in [0.3, 0.4) is 0 Å². The monoisotopic (exact) mass is 358 g/mol. The van der Waals surface area contributed by atoms with Crippen LogP contribution < -0.4 is 10.1 Å². The van der Waals surface area contributed by atoms with Crippen molar-refractivity contribution in [2.75, 3.05) is 19.7 Å². The summed E-state index contributed by atoms with van der Waals surface area (Å²) in [6.07, 6.45) is 4.78. The normalized spacial score (nSPS) is 18.0. The lowest BCUT2D eigenvalue weighted by Crippen LogP contribution is -2.47. The van der Waals surface area contributed by atoms with Gasteiger partial charge in [-0.15, -0.1) is 0 Å². The predicted molar refractivity (Wildman–Crippen MR) is 101 cm³/mol. The first kappa shape index (κ1) is 18.7. The largest absolute Gasteiger partial charge is 0.494 e. The third-order valence-corrected chi connectivity index (χ3v) is 5.15. The van der Waals surface area contributed by atoms with E-state index in [2.05, 4.69) is 19.2 Å². The summed E-state index contributed by atoms with van der Waals surface area (Å²) in [7, 11) is 0. The van der Waals surface area contributed by atoms with E-state index in [1.54, 1.807) is 0 Å². The number of rotatable bonds is 7. The van der Waals surface area contributed by atoms with Gasteiger partial charge in [0.1, 0.15) is 5.75 Å². The first-order valence-electron chi connectivity index (χ1n) is 9.85. The molecule has 1 aromatic carbocycles. The number of nitrogens with one attached hydrogen (secondary N) is 1. The molecule has 1 heterocycles. The summed E-state index contributed by atoms with van der Waals surface area (Å²) in [5, 5.41) is 3.10. The molecule has 3 rings (SSSR count). The molecule has 2 aliphatic rings. The average Bonchev–Trinajstić information content (AvgIpc) is 3.47. The van der Waals surface area contributed by atoms with Gasteiger partial charge in [0.2, 0.25) is 5.91 Å². The zero-order valence-electron chi connectivity index (χ0n) is 15.9. The molecule has 0 spiro atoms. The lowest BCUT2D eigenvalue weighted by molar-refractivity contribution is -0.133. The molecular weight excluding hydrogens is 328 g/mol. The second-order valence-electron chi connectivity index (χ2n) is 7.90. The summed E-state index contributed by atoms with van der Waals surface area (Å²) in [6.45, 7) is 6.54. The fraction of sp³-hybridized carbons (Fsp3) is 0.619. The molecule has 26 heavy (non-hydrogen) atoms. The quantitative estimate of drug-likeness (QED) is 0.814. The minimum Gasteiger partial charge on any atom is -0.494 e. The predicted octanol–water partition coefficient (Wildman–Crippen LogP) is 3.24. The minimum atomic E-state index is -0.0503. The van der Waals surface area contributed by atoms with E-state index in [9.17, 15) is 9.59 Å². The molecule has 142 valence electrons. The fourth-order valence-electron chi connectivity index (χ4n) is 3.22. The first-order valence-corrected chi connectivity index (χ1v) is 9.85. The second kappa shape index (κ2) is 8.56. The summed E-state index contributed by atoms with van der Waals surface area (Å²) in [5.74, 6) is 1.95. The number of carbonyl (C=O) groups excluding carboxylic acids is 2. The number of carbonyl (C=O) groups is 2. The van der Waals surface area contributed by atoms with Crippen LogP contribution in [-0.2, 0) is 4.79 Å². The van der Waals surface area contributed by atoms with E-state index in [-0.39, 0.29) is 17.9 Å². The second-order valence-corrected chi connectivity index (χ2v) is 7.90. The van der Waals surface area contributed by atoms with Crippen molar-refractivity contribution in [3.05, 3.63) is 29.8 Å². The van der Waals surface area contributed by atoms with E-state index in [1.807, 2.05) is 29.2 Å². The van der Waals surface area contributed by atoms with Gasteiger partial charge in [0.15, 0.2) is 0 Å². The van der Waals surface area contributed by atoms with Crippen LogP contribution in [0.5, 0.6) is 5.75 Å². The molecule has 0 unspecified atom stereocenters. The minimum absolute atomic E-state index is 0.0503. The molecule has 0 radical (unpaired) electrons. The Hall–Kier alpha value is -2.04. The maximum Gasteiger partial charge on any atom is 0.251 e. The summed E-state index contributed by atoms with van der Waals surface area (Å²) >= 11 is 0. The summed E-state index contributed by atoms with van der Waals surface area (Å²) < 4.78 is 5.69. The molecule has 1 saturated carbocycles. The molecule has 1 aromatic rings. The van der Waals surface area contributed by atoms with E-state index in [1.165, 1.54) is 0 Å². The molecule has 5 nitrogen and oxygen atoms in total. The van der Waals surface area contributed by atoms with Gasteiger partial charge in [-0.05, 0) is 62.3 Å². The van der Waals surface area contributed by atoms with Gasteiger partial charge in [0.25, 0.3) is 5.91 Å². The summed E-state index contributed by atoms with van der Waals surface area (Å²) in [6, 6.07) is 7.48. The number of amides is 2. The van der Waals surface area contributed by atoms with E-state index in [0.717, 1.165) is 50.9 Å². The van der Waals surface area contributed by atoms with Crippen molar-refractivity contribution in [1.82, 2.24) is 10.2 Å². The highest BCUT2D eigenvalue weighted by Gasteiger charge is 2.35. The van der Waals surface area contributed by atoms with Crippen molar-refractivity contribution < 1.29 is 14.3 Å². The average molecular weight is 358 g/mol. The molecular formula is C21H30N2O3. The van der Waals surface area contributed by atoms with Crippen molar-refractivity contribution in [2.45, 2.75) is 52.0 Å². The zero-order chi connectivity index (χ0) is 18.5. The van der Waals surface area contributed by atoms with Crippen LogP contribution in [0.2, 0.25) is 0 Å². The molecule has 5 heteroatoms. The molecule has 0 aromatic heterocycles. The Bertz CT molecular complexity index is 615. The van der Waals surface area contributed by atoms with E-state index in [0.29, 0.717) is 24.0 Å². The van der Waals surface area contributed by atoms with Crippen LogP contribution in [0.4, 0.5) is 0 Å².